The van der Waals surface area contributed by atoms with E-state index in [2.05, 4.69) is 5.32 Å². The van der Waals surface area contributed by atoms with Gasteiger partial charge in [-0.1, -0.05) is 29.8 Å². The van der Waals surface area contributed by atoms with Gasteiger partial charge in [-0.2, -0.15) is 0 Å². The van der Waals surface area contributed by atoms with E-state index in [1.165, 1.54) is 18.2 Å². The van der Waals surface area contributed by atoms with E-state index in [1.54, 1.807) is 19.1 Å². The average Bonchev–Trinajstić information content (AvgIpc) is 2.44. The molecular weight excluding hydrogens is 281 g/mol. The van der Waals surface area contributed by atoms with Gasteiger partial charge in [0.2, 0.25) is 0 Å². The lowest BCUT2D eigenvalue weighted by Crippen LogP contribution is -2.30. The Labute approximate surface area is 121 Å². The number of halogens is 2. The van der Waals surface area contributed by atoms with Crippen molar-refractivity contribution in [3.05, 3.63) is 59.4 Å². The van der Waals surface area contributed by atoms with E-state index in [4.69, 9.17) is 16.3 Å². The summed E-state index contributed by atoms with van der Waals surface area (Å²) in [5, 5.41) is 2.57. The second-order valence-electron chi connectivity index (χ2n) is 4.19. The minimum Gasteiger partial charge on any atom is -0.481 e. The van der Waals surface area contributed by atoms with Gasteiger partial charge in [0.25, 0.3) is 5.91 Å². The lowest BCUT2D eigenvalue weighted by Gasteiger charge is -2.14. The molecule has 104 valence electrons. The van der Waals surface area contributed by atoms with Gasteiger partial charge in [0, 0.05) is 5.69 Å². The van der Waals surface area contributed by atoms with Crippen molar-refractivity contribution >= 4 is 23.2 Å². The van der Waals surface area contributed by atoms with Crippen LogP contribution in [0.25, 0.3) is 0 Å². The summed E-state index contributed by atoms with van der Waals surface area (Å²) in [4.78, 5) is 11.9. The van der Waals surface area contributed by atoms with Crippen LogP contribution < -0.4 is 10.1 Å². The molecule has 2 aromatic carbocycles. The van der Waals surface area contributed by atoms with Gasteiger partial charge in [0.15, 0.2) is 6.10 Å². The molecule has 1 amide bonds. The molecule has 0 saturated heterocycles. The Bertz CT molecular complexity index is 604. The Morgan fingerprint density at radius 2 is 1.95 bits per heavy atom. The predicted molar refractivity (Wildman–Crippen MR) is 76.6 cm³/mol. The normalized spacial score (nSPS) is 11.8. The van der Waals surface area contributed by atoms with Crippen molar-refractivity contribution in [3.8, 4) is 5.75 Å². The number of ether oxygens (including phenoxy) is 1. The Kier molecular flexibility index (Phi) is 4.58. The molecule has 0 radical (unpaired) electrons. The molecular formula is C15H13ClFNO2. The number of hydrogen-bond acceptors (Lipinski definition) is 2. The molecule has 3 nitrogen and oxygen atoms in total. The maximum atomic E-state index is 13.0. The summed E-state index contributed by atoms with van der Waals surface area (Å²) in [5.74, 6) is -0.262. The fourth-order valence-electron chi connectivity index (χ4n) is 1.57. The zero-order chi connectivity index (χ0) is 14.5. The highest BCUT2D eigenvalue weighted by Gasteiger charge is 2.15. The van der Waals surface area contributed by atoms with E-state index in [0.717, 1.165) is 0 Å². The summed E-state index contributed by atoms with van der Waals surface area (Å²) in [6, 6.07) is 13.0. The number of anilines is 1. The number of carbonyl (C=O) groups excluding carboxylic acids is 1. The van der Waals surface area contributed by atoms with Crippen molar-refractivity contribution in [2.45, 2.75) is 13.0 Å². The highest BCUT2D eigenvalue weighted by Crippen LogP contribution is 2.20. The average molecular weight is 294 g/mol. The molecule has 0 aliphatic carbocycles. The largest absolute Gasteiger partial charge is 0.481 e. The van der Waals surface area contributed by atoms with Crippen LogP contribution >= 0.6 is 11.6 Å². The van der Waals surface area contributed by atoms with Crippen LogP contribution in [-0.2, 0) is 4.79 Å². The van der Waals surface area contributed by atoms with Crippen molar-refractivity contribution in [3.63, 3.8) is 0 Å². The van der Waals surface area contributed by atoms with Crippen LogP contribution in [0.5, 0.6) is 5.75 Å². The van der Waals surface area contributed by atoms with E-state index in [0.29, 0.717) is 11.4 Å². The number of hydrogen-bond donors (Lipinski definition) is 1. The maximum Gasteiger partial charge on any atom is 0.265 e. The molecule has 0 aliphatic heterocycles. The third-order valence-electron chi connectivity index (χ3n) is 2.61. The van der Waals surface area contributed by atoms with Gasteiger partial charge in [-0.05, 0) is 37.3 Å². The van der Waals surface area contributed by atoms with E-state index in [9.17, 15) is 9.18 Å². The number of carbonyl (C=O) groups is 1. The number of rotatable bonds is 4. The Morgan fingerprint density at radius 3 is 2.60 bits per heavy atom. The van der Waals surface area contributed by atoms with Gasteiger partial charge in [0.1, 0.15) is 11.6 Å². The zero-order valence-corrected chi connectivity index (χ0v) is 11.5. The zero-order valence-electron chi connectivity index (χ0n) is 10.8. The van der Waals surface area contributed by atoms with Crippen molar-refractivity contribution in [1.82, 2.24) is 0 Å². The molecule has 1 N–H and O–H groups in total. The van der Waals surface area contributed by atoms with Gasteiger partial charge in [0.05, 0.1) is 5.02 Å². The number of nitrogens with one attached hydrogen (secondary N) is 1. The van der Waals surface area contributed by atoms with E-state index >= 15 is 0 Å². The lowest BCUT2D eigenvalue weighted by molar-refractivity contribution is -0.122. The van der Waals surface area contributed by atoms with Crippen LogP contribution in [0.15, 0.2) is 48.5 Å². The molecule has 0 spiro atoms. The van der Waals surface area contributed by atoms with Crippen molar-refractivity contribution < 1.29 is 13.9 Å². The Balaban J connectivity index is 1.99. The molecule has 0 aliphatic rings. The van der Waals surface area contributed by atoms with Crippen molar-refractivity contribution in [2.24, 2.45) is 0 Å². The first-order valence-electron chi connectivity index (χ1n) is 6.04. The van der Waals surface area contributed by atoms with Crippen molar-refractivity contribution in [1.29, 1.82) is 0 Å². The third kappa shape index (κ3) is 3.71. The second kappa shape index (κ2) is 6.39. The summed E-state index contributed by atoms with van der Waals surface area (Å²) in [6.45, 7) is 1.63. The summed E-state index contributed by atoms with van der Waals surface area (Å²) in [6.07, 6.45) is -0.679. The molecule has 5 heteroatoms. The van der Waals surface area contributed by atoms with E-state index in [1.807, 2.05) is 18.2 Å². The van der Waals surface area contributed by atoms with Crippen molar-refractivity contribution in [2.75, 3.05) is 5.32 Å². The van der Waals surface area contributed by atoms with Crippen LogP contribution in [0.1, 0.15) is 6.92 Å². The number of benzene rings is 2. The highest BCUT2D eigenvalue weighted by atomic mass is 35.5. The van der Waals surface area contributed by atoms with Crippen LogP contribution in [0.3, 0.4) is 0 Å². The maximum absolute atomic E-state index is 13.0. The van der Waals surface area contributed by atoms with Gasteiger partial charge in [-0.15, -0.1) is 0 Å². The topological polar surface area (TPSA) is 38.3 Å². The van der Waals surface area contributed by atoms with Crippen LogP contribution in [0, 0.1) is 5.82 Å². The Morgan fingerprint density at radius 1 is 1.25 bits per heavy atom. The quantitative estimate of drug-likeness (QED) is 0.929. The predicted octanol–water partition coefficient (Wildman–Crippen LogP) is 3.89. The smallest absolute Gasteiger partial charge is 0.265 e. The minimum absolute atomic E-state index is 0.0422. The highest BCUT2D eigenvalue weighted by molar-refractivity contribution is 6.31. The fourth-order valence-corrected chi connectivity index (χ4v) is 1.76. The monoisotopic (exact) mass is 293 g/mol. The molecule has 0 heterocycles. The van der Waals surface area contributed by atoms with Gasteiger partial charge < -0.3 is 10.1 Å². The first kappa shape index (κ1) is 14.3. The standard InChI is InChI=1S/C15H13ClFNO2/c1-10(20-12-5-3-2-4-6-12)15(19)18-11-7-8-14(17)13(16)9-11/h2-10H,1H3,(H,18,19)/t10-/m0/s1. The second-order valence-corrected chi connectivity index (χ2v) is 4.60. The first-order valence-corrected chi connectivity index (χ1v) is 6.41. The number of amides is 1. The molecule has 0 bridgehead atoms. The molecule has 2 aromatic rings. The first-order chi connectivity index (χ1) is 9.56. The van der Waals surface area contributed by atoms with Gasteiger partial charge in [-0.25, -0.2) is 4.39 Å². The summed E-state index contributed by atoms with van der Waals surface area (Å²) in [7, 11) is 0. The minimum atomic E-state index is -0.679. The molecule has 0 fully saturated rings. The summed E-state index contributed by atoms with van der Waals surface area (Å²) in [5.41, 5.74) is 0.421. The summed E-state index contributed by atoms with van der Waals surface area (Å²) < 4.78 is 18.5. The van der Waals surface area contributed by atoms with Crippen LogP contribution in [-0.4, -0.2) is 12.0 Å². The summed E-state index contributed by atoms with van der Waals surface area (Å²) >= 11 is 5.65. The molecule has 2 rings (SSSR count). The van der Waals surface area contributed by atoms with Crippen LogP contribution in [0.4, 0.5) is 10.1 Å². The molecule has 20 heavy (non-hydrogen) atoms. The number of para-hydroxylation sites is 1. The third-order valence-corrected chi connectivity index (χ3v) is 2.90. The van der Waals surface area contributed by atoms with E-state index in [-0.39, 0.29) is 10.9 Å². The molecule has 0 aromatic heterocycles. The molecule has 1 atom stereocenters. The molecule has 0 saturated carbocycles. The van der Waals surface area contributed by atoms with Crippen LogP contribution in [0.2, 0.25) is 5.02 Å². The van der Waals surface area contributed by atoms with Gasteiger partial charge >= 0.3 is 0 Å². The van der Waals surface area contributed by atoms with E-state index < -0.39 is 11.9 Å². The fraction of sp³-hybridized carbons (Fsp3) is 0.133. The Hall–Kier alpha value is -2.07. The lowest BCUT2D eigenvalue weighted by atomic mass is 10.3. The molecule has 0 unspecified atom stereocenters. The van der Waals surface area contributed by atoms with Gasteiger partial charge in [-0.3, -0.25) is 4.79 Å². The SMILES string of the molecule is C[C@H](Oc1ccccc1)C(=O)Nc1ccc(F)c(Cl)c1.